The Kier molecular flexibility index (Phi) is 3.73. The summed E-state index contributed by atoms with van der Waals surface area (Å²) in [5.41, 5.74) is 8.02. The highest BCUT2D eigenvalue weighted by Crippen LogP contribution is 2.37. The second-order valence-electron chi connectivity index (χ2n) is 4.84. The number of nitrogens with two attached hydrogens (primary N) is 1. The molecule has 1 amide bonds. The predicted octanol–water partition coefficient (Wildman–Crippen LogP) is 3.79. The number of carbonyl (C=O) groups is 1. The van der Waals surface area contributed by atoms with E-state index in [1.165, 1.54) is 12.1 Å². The monoisotopic (exact) mass is 368 g/mol. The van der Waals surface area contributed by atoms with Crippen LogP contribution in [-0.4, -0.2) is 5.91 Å². The molecule has 1 heterocycles. The summed E-state index contributed by atoms with van der Waals surface area (Å²) < 4.78 is 14.1. The van der Waals surface area contributed by atoms with Gasteiger partial charge in [0.2, 0.25) is 5.91 Å². The van der Waals surface area contributed by atoms with Gasteiger partial charge in [-0.25, -0.2) is 4.39 Å². The van der Waals surface area contributed by atoms with E-state index in [4.69, 9.17) is 17.3 Å². The summed E-state index contributed by atoms with van der Waals surface area (Å²) in [6.45, 7) is 0.250. The first-order valence-corrected chi connectivity index (χ1v) is 7.45. The molecule has 0 spiro atoms. The number of nitrogens with zero attached hydrogens (tertiary/aromatic N) is 1. The molecular formula is C15H11BrClFN2O. The van der Waals surface area contributed by atoms with Crippen LogP contribution in [0, 0.1) is 5.82 Å². The van der Waals surface area contributed by atoms with Crippen molar-refractivity contribution in [2.45, 2.75) is 12.6 Å². The lowest BCUT2D eigenvalue weighted by atomic mass is 10.1. The predicted molar refractivity (Wildman–Crippen MR) is 83.7 cm³/mol. The Morgan fingerprint density at radius 3 is 2.81 bits per heavy atom. The number of hydrogen-bond donors (Lipinski definition) is 1. The summed E-state index contributed by atoms with van der Waals surface area (Å²) in [6, 6.07) is 8.81. The van der Waals surface area contributed by atoms with Gasteiger partial charge in [-0.2, -0.15) is 0 Å². The largest absolute Gasteiger partial charge is 0.316 e. The Bertz CT molecular complexity index is 738. The number of hydrogen-bond acceptors (Lipinski definition) is 2. The molecule has 0 aliphatic carbocycles. The number of carbonyl (C=O) groups excluding carboxylic acids is 1. The number of fused-ring (bicyclic) bond motifs is 1. The third-order valence-corrected chi connectivity index (χ3v) is 4.49. The zero-order valence-corrected chi connectivity index (χ0v) is 13.2. The third kappa shape index (κ3) is 2.57. The molecule has 0 saturated heterocycles. The molecule has 108 valence electrons. The van der Waals surface area contributed by atoms with Crippen molar-refractivity contribution in [2.24, 2.45) is 5.73 Å². The molecule has 3 rings (SSSR count). The van der Waals surface area contributed by atoms with Crippen molar-refractivity contribution >= 4 is 39.1 Å². The lowest BCUT2D eigenvalue weighted by Crippen LogP contribution is -2.31. The SMILES string of the molecule is NC1C(=O)N(Cc2cc(F)ccc2Br)c2ccc(Cl)cc21. The van der Waals surface area contributed by atoms with Gasteiger partial charge in [0.05, 0.1) is 6.54 Å². The Balaban J connectivity index is 2.00. The molecule has 0 radical (unpaired) electrons. The van der Waals surface area contributed by atoms with Crippen molar-refractivity contribution in [3.05, 3.63) is 62.8 Å². The van der Waals surface area contributed by atoms with Crippen LogP contribution >= 0.6 is 27.5 Å². The van der Waals surface area contributed by atoms with Gasteiger partial charge in [0.15, 0.2) is 0 Å². The minimum absolute atomic E-state index is 0.219. The molecule has 21 heavy (non-hydrogen) atoms. The smallest absolute Gasteiger partial charge is 0.248 e. The fourth-order valence-electron chi connectivity index (χ4n) is 2.44. The van der Waals surface area contributed by atoms with Crippen molar-refractivity contribution in [3.63, 3.8) is 0 Å². The number of halogens is 3. The van der Waals surface area contributed by atoms with Gasteiger partial charge in [0.25, 0.3) is 0 Å². The Morgan fingerprint density at radius 2 is 2.05 bits per heavy atom. The summed E-state index contributed by atoms with van der Waals surface area (Å²) in [7, 11) is 0. The van der Waals surface area contributed by atoms with Gasteiger partial charge in [-0.1, -0.05) is 27.5 Å². The third-order valence-electron chi connectivity index (χ3n) is 3.48. The van der Waals surface area contributed by atoms with Crippen molar-refractivity contribution < 1.29 is 9.18 Å². The second-order valence-corrected chi connectivity index (χ2v) is 6.13. The van der Waals surface area contributed by atoms with Crippen LogP contribution in [0.25, 0.3) is 0 Å². The number of benzene rings is 2. The van der Waals surface area contributed by atoms with Crippen LogP contribution in [0.4, 0.5) is 10.1 Å². The molecule has 1 atom stereocenters. The zero-order chi connectivity index (χ0) is 15.1. The molecule has 0 bridgehead atoms. The fraction of sp³-hybridized carbons (Fsp3) is 0.133. The van der Waals surface area contributed by atoms with Crippen LogP contribution in [0.15, 0.2) is 40.9 Å². The molecule has 1 aliphatic heterocycles. The highest BCUT2D eigenvalue weighted by atomic mass is 79.9. The summed E-state index contributed by atoms with van der Waals surface area (Å²) in [6.07, 6.45) is 0. The molecular weight excluding hydrogens is 359 g/mol. The van der Waals surface area contributed by atoms with Crippen LogP contribution in [0.3, 0.4) is 0 Å². The van der Waals surface area contributed by atoms with E-state index in [1.54, 1.807) is 29.2 Å². The molecule has 0 aromatic heterocycles. The summed E-state index contributed by atoms with van der Waals surface area (Å²) in [5.74, 6) is -0.566. The van der Waals surface area contributed by atoms with E-state index in [-0.39, 0.29) is 18.3 Å². The second kappa shape index (κ2) is 5.40. The topological polar surface area (TPSA) is 46.3 Å². The summed E-state index contributed by atoms with van der Waals surface area (Å²) in [5, 5.41) is 0.533. The average Bonchev–Trinajstić information content (AvgIpc) is 2.68. The molecule has 2 aromatic rings. The van der Waals surface area contributed by atoms with Crippen LogP contribution in [0.1, 0.15) is 17.2 Å². The van der Waals surface area contributed by atoms with Crippen LogP contribution in [0.5, 0.6) is 0 Å². The average molecular weight is 370 g/mol. The molecule has 2 aromatic carbocycles. The Labute approximate surface area is 134 Å². The molecule has 0 fully saturated rings. The maximum absolute atomic E-state index is 13.4. The fourth-order valence-corrected chi connectivity index (χ4v) is 2.99. The van der Waals surface area contributed by atoms with Gasteiger partial charge in [0.1, 0.15) is 11.9 Å². The van der Waals surface area contributed by atoms with E-state index in [0.29, 0.717) is 21.8 Å². The van der Waals surface area contributed by atoms with Gasteiger partial charge in [0, 0.05) is 20.7 Å². The minimum atomic E-state index is -0.731. The molecule has 0 saturated carbocycles. The first-order chi connectivity index (χ1) is 9.97. The van der Waals surface area contributed by atoms with E-state index in [0.717, 1.165) is 4.47 Å². The van der Waals surface area contributed by atoms with E-state index in [2.05, 4.69) is 15.9 Å². The van der Waals surface area contributed by atoms with Crippen LogP contribution in [-0.2, 0) is 11.3 Å². The Hall–Kier alpha value is -1.43. The van der Waals surface area contributed by atoms with Gasteiger partial charge in [-0.3, -0.25) is 4.79 Å². The van der Waals surface area contributed by atoms with E-state index in [1.807, 2.05) is 0 Å². The maximum atomic E-state index is 13.4. The number of amides is 1. The molecule has 3 nitrogen and oxygen atoms in total. The lowest BCUT2D eigenvalue weighted by Gasteiger charge is -2.18. The first kappa shape index (κ1) is 14.5. The van der Waals surface area contributed by atoms with Crippen molar-refractivity contribution in [2.75, 3.05) is 4.90 Å². The maximum Gasteiger partial charge on any atom is 0.248 e. The van der Waals surface area contributed by atoms with Gasteiger partial charge >= 0.3 is 0 Å². The normalized spacial score (nSPS) is 17.2. The van der Waals surface area contributed by atoms with E-state index in [9.17, 15) is 9.18 Å². The minimum Gasteiger partial charge on any atom is -0.316 e. The molecule has 1 aliphatic rings. The molecule has 6 heteroatoms. The zero-order valence-electron chi connectivity index (χ0n) is 10.8. The van der Waals surface area contributed by atoms with Crippen LogP contribution in [0.2, 0.25) is 5.02 Å². The highest BCUT2D eigenvalue weighted by Gasteiger charge is 2.35. The van der Waals surface area contributed by atoms with Crippen LogP contribution < -0.4 is 10.6 Å². The van der Waals surface area contributed by atoms with Gasteiger partial charge in [-0.05, 0) is 42.0 Å². The molecule has 1 unspecified atom stereocenters. The summed E-state index contributed by atoms with van der Waals surface area (Å²) >= 11 is 9.32. The van der Waals surface area contributed by atoms with Crippen molar-refractivity contribution in [3.8, 4) is 0 Å². The van der Waals surface area contributed by atoms with Crippen molar-refractivity contribution in [1.29, 1.82) is 0 Å². The molecule has 2 N–H and O–H groups in total. The number of rotatable bonds is 2. The quantitative estimate of drug-likeness (QED) is 0.875. The lowest BCUT2D eigenvalue weighted by molar-refractivity contribution is -0.119. The van der Waals surface area contributed by atoms with Crippen molar-refractivity contribution in [1.82, 2.24) is 0 Å². The van der Waals surface area contributed by atoms with E-state index >= 15 is 0 Å². The van der Waals surface area contributed by atoms with Gasteiger partial charge in [-0.15, -0.1) is 0 Å². The first-order valence-electron chi connectivity index (χ1n) is 6.27. The summed E-state index contributed by atoms with van der Waals surface area (Å²) in [4.78, 5) is 13.9. The highest BCUT2D eigenvalue weighted by molar-refractivity contribution is 9.10. The number of anilines is 1. The standard InChI is InChI=1S/C15H11BrClFN2O/c16-12-3-2-10(18)5-8(12)7-20-13-4-1-9(17)6-11(13)14(19)15(20)21/h1-6,14H,7,19H2. The van der Waals surface area contributed by atoms with Gasteiger partial charge < -0.3 is 10.6 Å². The Morgan fingerprint density at radius 1 is 1.29 bits per heavy atom. The van der Waals surface area contributed by atoms with E-state index < -0.39 is 6.04 Å².